The standard InChI is InChI=1S/C19H22N2O2/c1-20-19(22)17(11-14-7-3-2-4-8-14)21-13-16-12-15-9-5-6-10-18(15)23-16/h2-10,16-17,21H,11-13H2,1H3,(H,20,22)/t16-,17-/m0/s1. The molecular weight excluding hydrogens is 288 g/mol. The molecule has 3 rings (SSSR count). The van der Waals surface area contributed by atoms with Crippen molar-refractivity contribution in [3.8, 4) is 5.75 Å². The highest BCUT2D eigenvalue weighted by atomic mass is 16.5. The van der Waals surface area contributed by atoms with Crippen LogP contribution in [-0.2, 0) is 17.6 Å². The van der Waals surface area contributed by atoms with Gasteiger partial charge < -0.3 is 15.4 Å². The number of benzene rings is 2. The number of carbonyl (C=O) groups excluding carboxylic acids is 1. The lowest BCUT2D eigenvalue weighted by atomic mass is 10.0. The molecule has 1 aliphatic rings. The third-order valence-electron chi connectivity index (χ3n) is 4.15. The molecule has 0 spiro atoms. The minimum atomic E-state index is -0.255. The van der Waals surface area contributed by atoms with Crippen LogP contribution in [0.1, 0.15) is 11.1 Å². The molecule has 0 fully saturated rings. The van der Waals surface area contributed by atoms with E-state index in [0.717, 1.165) is 17.7 Å². The first kappa shape index (κ1) is 15.6. The van der Waals surface area contributed by atoms with Crippen molar-refractivity contribution < 1.29 is 9.53 Å². The summed E-state index contributed by atoms with van der Waals surface area (Å²) in [6.45, 7) is 0.652. The smallest absolute Gasteiger partial charge is 0.237 e. The molecule has 4 nitrogen and oxygen atoms in total. The maximum Gasteiger partial charge on any atom is 0.237 e. The predicted octanol–water partition coefficient (Wildman–Crippen LogP) is 1.94. The van der Waals surface area contributed by atoms with Gasteiger partial charge in [-0.3, -0.25) is 4.79 Å². The van der Waals surface area contributed by atoms with Gasteiger partial charge in [0.1, 0.15) is 11.9 Å². The van der Waals surface area contributed by atoms with Gasteiger partial charge in [0, 0.05) is 20.0 Å². The molecule has 2 aromatic rings. The second-order valence-electron chi connectivity index (χ2n) is 5.82. The maximum absolute atomic E-state index is 12.1. The van der Waals surface area contributed by atoms with Crippen molar-refractivity contribution in [3.63, 3.8) is 0 Å². The van der Waals surface area contributed by atoms with Gasteiger partial charge in [0.2, 0.25) is 5.91 Å². The molecule has 120 valence electrons. The van der Waals surface area contributed by atoms with E-state index in [2.05, 4.69) is 16.7 Å². The summed E-state index contributed by atoms with van der Waals surface area (Å²) in [7, 11) is 1.67. The Hall–Kier alpha value is -2.33. The average Bonchev–Trinajstić information content (AvgIpc) is 3.01. The summed E-state index contributed by atoms with van der Waals surface area (Å²) < 4.78 is 5.93. The predicted molar refractivity (Wildman–Crippen MR) is 90.6 cm³/mol. The molecule has 2 aromatic carbocycles. The number of amides is 1. The number of hydrogen-bond donors (Lipinski definition) is 2. The third kappa shape index (κ3) is 3.90. The highest BCUT2D eigenvalue weighted by Crippen LogP contribution is 2.27. The van der Waals surface area contributed by atoms with Crippen LogP contribution in [0, 0.1) is 0 Å². The van der Waals surface area contributed by atoms with Gasteiger partial charge in [0.05, 0.1) is 6.04 Å². The Kier molecular flexibility index (Phi) is 4.93. The van der Waals surface area contributed by atoms with Crippen LogP contribution in [0.25, 0.3) is 0 Å². The number of hydrogen-bond acceptors (Lipinski definition) is 3. The Balaban J connectivity index is 1.58. The summed E-state index contributed by atoms with van der Waals surface area (Å²) in [4.78, 5) is 12.1. The highest BCUT2D eigenvalue weighted by molar-refractivity contribution is 5.81. The van der Waals surface area contributed by atoms with E-state index in [0.29, 0.717) is 13.0 Å². The third-order valence-corrected chi connectivity index (χ3v) is 4.15. The maximum atomic E-state index is 12.1. The zero-order chi connectivity index (χ0) is 16.1. The molecule has 23 heavy (non-hydrogen) atoms. The second-order valence-corrected chi connectivity index (χ2v) is 5.82. The van der Waals surface area contributed by atoms with Crippen LogP contribution < -0.4 is 15.4 Å². The topological polar surface area (TPSA) is 50.4 Å². The molecule has 0 saturated heterocycles. The highest BCUT2D eigenvalue weighted by Gasteiger charge is 2.25. The van der Waals surface area contributed by atoms with Crippen LogP contribution in [0.4, 0.5) is 0 Å². The Morgan fingerprint density at radius 1 is 1.17 bits per heavy atom. The Morgan fingerprint density at radius 3 is 2.65 bits per heavy atom. The van der Waals surface area contributed by atoms with E-state index in [9.17, 15) is 4.79 Å². The quantitative estimate of drug-likeness (QED) is 0.857. The molecule has 0 radical (unpaired) electrons. The number of ether oxygens (including phenoxy) is 1. The zero-order valence-electron chi connectivity index (χ0n) is 13.3. The van der Waals surface area contributed by atoms with E-state index >= 15 is 0 Å². The van der Waals surface area contributed by atoms with E-state index in [1.807, 2.05) is 48.5 Å². The van der Waals surface area contributed by atoms with E-state index in [1.165, 1.54) is 5.56 Å². The van der Waals surface area contributed by atoms with Crippen molar-refractivity contribution >= 4 is 5.91 Å². The largest absolute Gasteiger partial charge is 0.488 e. The second kappa shape index (κ2) is 7.29. The van der Waals surface area contributed by atoms with Crippen LogP contribution >= 0.6 is 0 Å². The summed E-state index contributed by atoms with van der Waals surface area (Å²) in [5, 5.41) is 6.09. The summed E-state index contributed by atoms with van der Waals surface area (Å²) in [6, 6.07) is 17.9. The molecule has 2 atom stereocenters. The Morgan fingerprint density at radius 2 is 1.91 bits per heavy atom. The zero-order valence-corrected chi connectivity index (χ0v) is 13.3. The molecule has 0 saturated carbocycles. The van der Waals surface area contributed by atoms with E-state index in [1.54, 1.807) is 7.05 Å². The fourth-order valence-electron chi connectivity index (χ4n) is 2.92. The molecule has 1 amide bonds. The summed E-state index contributed by atoms with van der Waals surface area (Å²) in [6.07, 6.45) is 1.63. The van der Waals surface area contributed by atoms with Crippen LogP contribution in [0.15, 0.2) is 54.6 Å². The van der Waals surface area contributed by atoms with Crippen LogP contribution in [0.3, 0.4) is 0 Å². The Labute approximate surface area is 136 Å². The van der Waals surface area contributed by atoms with Crippen molar-refractivity contribution in [2.24, 2.45) is 0 Å². The van der Waals surface area contributed by atoms with Gasteiger partial charge in [-0.05, 0) is 23.6 Å². The van der Waals surface area contributed by atoms with E-state index in [-0.39, 0.29) is 18.1 Å². The SMILES string of the molecule is CNC(=O)[C@H](Cc1ccccc1)NC[C@@H]1Cc2ccccc2O1. The van der Waals surface area contributed by atoms with Crippen LogP contribution in [0.5, 0.6) is 5.75 Å². The number of nitrogens with one attached hydrogen (secondary N) is 2. The van der Waals surface area contributed by atoms with Crippen molar-refractivity contribution in [1.29, 1.82) is 0 Å². The number of rotatable bonds is 6. The van der Waals surface area contributed by atoms with Gasteiger partial charge >= 0.3 is 0 Å². The first-order valence-electron chi connectivity index (χ1n) is 7.99. The normalized spacial score (nSPS) is 17.2. The number of para-hydroxylation sites is 1. The molecule has 0 unspecified atom stereocenters. The van der Waals surface area contributed by atoms with Crippen molar-refractivity contribution in [1.82, 2.24) is 10.6 Å². The fraction of sp³-hybridized carbons (Fsp3) is 0.316. The molecule has 4 heteroatoms. The van der Waals surface area contributed by atoms with Gasteiger partial charge in [-0.25, -0.2) is 0 Å². The number of carbonyl (C=O) groups is 1. The molecule has 0 aliphatic carbocycles. The van der Waals surface area contributed by atoms with Crippen molar-refractivity contribution in [2.45, 2.75) is 25.0 Å². The molecular formula is C19H22N2O2. The first-order chi connectivity index (χ1) is 11.3. The molecule has 2 N–H and O–H groups in total. The fourth-order valence-corrected chi connectivity index (χ4v) is 2.92. The van der Waals surface area contributed by atoms with Gasteiger partial charge in [-0.2, -0.15) is 0 Å². The number of likely N-dealkylation sites (N-methyl/N-ethyl adjacent to an activating group) is 1. The lowest BCUT2D eigenvalue weighted by Gasteiger charge is -2.20. The molecule has 0 aromatic heterocycles. The summed E-state index contributed by atoms with van der Waals surface area (Å²) >= 11 is 0. The monoisotopic (exact) mass is 310 g/mol. The van der Waals surface area contributed by atoms with Crippen LogP contribution in [-0.4, -0.2) is 31.6 Å². The lowest BCUT2D eigenvalue weighted by Crippen LogP contribution is -2.47. The van der Waals surface area contributed by atoms with E-state index in [4.69, 9.17) is 4.74 Å². The van der Waals surface area contributed by atoms with Crippen molar-refractivity contribution in [3.05, 3.63) is 65.7 Å². The van der Waals surface area contributed by atoms with Crippen LogP contribution in [0.2, 0.25) is 0 Å². The van der Waals surface area contributed by atoms with Gasteiger partial charge in [0.25, 0.3) is 0 Å². The van der Waals surface area contributed by atoms with E-state index < -0.39 is 0 Å². The Bertz CT molecular complexity index is 632. The van der Waals surface area contributed by atoms with Crippen molar-refractivity contribution in [2.75, 3.05) is 13.6 Å². The van der Waals surface area contributed by atoms with Gasteiger partial charge in [0.15, 0.2) is 0 Å². The first-order valence-corrected chi connectivity index (χ1v) is 7.99. The minimum absolute atomic E-state index is 0.00404. The number of fused-ring (bicyclic) bond motifs is 1. The van der Waals surface area contributed by atoms with Gasteiger partial charge in [-0.15, -0.1) is 0 Å². The molecule has 1 heterocycles. The summed E-state index contributed by atoms with van der Waals surface area (Å²) in [5.74, 6) is 0.961. The minimum Gasteiger partial charge on any atom is -0.488 e. The molecule has 1 aliphatic heterocycles. The summed E-state index contributed by atoms with van der Waals surface area (Å²) in [5.41, 5.74) is 2.38. The lowest BCUT2D eigenvalue weighted by molar-refractivity contribution is -0.122. The average molecular weight is 310 g/mol. The van der Waals surface area contributed by atoms with Gasteiger partial charge in [-0.1, -0.05) is 48.5 Å². The molecule has 0 bridgehead atoms.